The molecule has 0 fully saturated rings. The van der Waals surface area contributed by atoms with E-state index in [2.05, 4.69) is 45.4 Å². The van der Waals surface area contributed by atoms with Gasteiger partial charge in [0.15, 0.2) is 4.80 Å². The van der Waals surface area contributed by atoms with Gasteiger partial charge >= 0.3 is 0 Å². The normalized spacial score (nSPS) is 11.9. The molecule has 0 radical (unpaired) electrons. The van der Waals surface area contributed by atoms with Gasteiger partial charge in [0, 0.05) is 25.2 Å². The summed E-state index contributed by atoms with van der Waals surface area (Å²) in [5.74, 6) is 0. The predicted octanol–water partition coefficient (Wildman–Crippen LogP) is 2.13. The van der Waals surface area contributed by atoms with Gasteiger partial charge in [-0.25, -0.2) is 0 Å². The second-order valence-electron chi connectivity index (χ2n) is 3.02. The van der Waals surface area contributed by atoms with Crippen molar-refractivity contribution < 1.29 is 0 Å². The molecule has 2 nitrogen and oxygen atoms in total. The molecule has 1 aromatic carbocycles. The van der Waals surface area contributed by atoms with Crippen molar-refractivity contribution in [3.05, 3.63) is 52.3 Å². The summed E-state index contributed by atoms with van der Waals surface area (Å²) in [6, 6.07) is 10.4. The summed E-state index contributed by atoms with van der Waals surface area (Å²) in [5, 5.41) is 2.06. The van der Waals surface area contributed by atoms with Gasteiger partial charge in [-0.2, -0.15) is 0 Å². The maximum atomic E-state index is 4.21. The van der Waals surface area contributed by atoms with E-state index < -0.39 is 0 Å². The molecule has 0 aliphatic heterocycles. The Balaban J connectivity index is 2.28. The minimum Gasteiger partial charge on any atom is -0.320 e. The number of nitrogens with zero attached hydrogens (tertiary/aromatic N) is 2. The van der Waals surface area contributed by atoms with Gasteiger partial charge in [0.05, 0.1) is 0 Å². The number of rotatable bonds is 2. The predicted molar refractivity (Wildman–Crippen MR) is 59.3 cm³/mol. The lowest BCUT2D eigenvalue weighted by atomic mass is 10.2. The molecule has 72 valence electrons. The molecule has 0 aliphatic carbocycles. The van der Waals surface area contributed by atoms with Crippen molar-refractivity contribution >= 4 is 11.3 Å². The summed E-state index contributed by atoms with van der Waals surface area (Å²) in [7, 11) is 1.83. The number of hydrogen-bond donors (Lipinski definition) is 0. The van der Waals surface area contributed by atoms with Crippen molar-refractivity contribution in [2.24, 2.45) is 4.99 Å². The highest BCUT2D eigenvalue weighted by Gasteiger charge is 1.95. The van der Waals surface area contributed by atoms with Gasteiger partial charge in [-0.3, -0.25) is 4.99 Å². The molecule has 0 N–H and O–H groups in total. The Bertz CT molecular complexity index is 453. The zero-order valence-electron chi connectivity index (χ0n) is 8.05. The van der Waals surface area contributed by atoms with E-state index in [1.165, 1.54) is 5.56 Å². The van der Waals surface area contributed by atoms with E-state index in [4.69, 9.17) is 0 Å². The third-order valence-electron chi connectivity index (χ3n) is 2.05. The van der Waals surface area contributed by atoms with Crippen molar-refractivity contribution in [3.8, 4) is 0 Å². The van der Waals surface area contributed by atoms with Gasteiger partial charge in [-0.05, 0) is 5.56 Å². The minimum absolute atomic E-state index is 0.900. The molecule has 2 aromatic rings. The highest BCUT2D eigenvalue weighted by atomic mass is 32.1. The average Bonchev–Trinajstić information content (AvgIpc) is 2.67. The fourth-order valence-corrected chi connectivity index (χ4v) is 2.07. The van der Waals surface area contributed by atoms with Crippen LogP contribution in [0.3, 0.4) is 0 Å². The van der Waals surface area contributed by atoms with Gasteiger partial charge in [0.2, 0.25) is 0 Å². The van der Waals surface area contributed by atoms with Crippen LogP contribution in [0, 0.1) is 0 Å². The highest BCUT2D eigenvalue weighted by molar-refractivity contribution is 7.07. The number of hydrogen-bond acceptors (Lipinski definition) is 2. The highest BCUT2D eigenvalue weighted by Crippen LogP contribution is 2.01. The Kier molecular flexibility index (Phi) is 2.79. The molecule has 0 amide bonds. The second-order valence-corrected chi connectivity index (χ2v) is 3.90. The molecule has 0 spiro atoms. The van der Waals surface area contributed by atoms with Crippen LogP contribution in [-0.4, -0.2) is 11.6 Å². The lowest BCUT2D eigenvalue weighted by Gasteiger charge is -2.01. The van der Waals surface area contributed by atoms with Gasteiger partial charge in [0.1, 0.15) is 0 Å². The van der Waals surface area contributed by atoms with Crippen LogP contribution in [0.1, 0.15) is 5.56 Å². The monoisotopic (exact) mass is 204 g/mol. The molecule has 0 aliphatic rings. The lowest BCUT2D eigenvalue weighted by molar-refractivity contribution is 0.766. The molecule has 14 heavy (non-hydrogen) atoms. The van der Waals surface area contributed by atoms with Crippen molar-refractivity contribution in [1.29, 1.82) is 0 Å². The maximum absolute atomic E-state index is 4.21. The summed E-state index contributed by atoms with van der Waals surface area (Å²) < 4.78 is 2.15. The van der Waals surface area contributed by atoms with Gasteiger partial charge in [0.25, 0.3) is 0 Å². The number of benzene rings is 1. The molecule has 1 heterocycles. The van der Waals surface area contributed by atoms with E-state index in [9.17, 15) is 0 Å². The molecule has 0 bridgehead atoms. The van der Waals surface area contributed by atoms with Crippen LogP contribution in [0.25, 0.3) is 0 Å². The zero-order chi connectivity index (χ0) is 9.80. The molecule has 0 unspecified atom stereocenters. The van der Waals surface area contributed by atoms with Crippen LogP contribution < -0.4 is 4.80 Å². The summed E-state index contributed by atoms with van der Waals surface area (Å²) in [4.78, 5) is 5.27. The SMILES string of the molecule is CN=c1sccn1Cc1ccccc1. The Hall–Kier alpha value is -1.35. The van der Waals surface area contributed by atoms with Crippen LogP contribution in [0.2, 0.25) is 0 Å². The summed E-state index contributed by atoms with van der Waals surface area (Å²) in [5.41, 5.74) is 1.31. The first-order valence-electron chi connectivity index (χ1n) is 4.51. The van der Waals surface area contributed by atoms with E-state index in [1.54, 1.807) is 11.3 Å². The summed E-state index contributed by atoms with van der Waals surface area (Å²) >= 11 is 1.67. The van der Waals surface area contributed by atoms with Crippen LogP contribution in [-0.2, 0) is 6.54 Å². The van der Waals surface area contributed by atoms with E-state index in [0.29, 0.717) is 0 Å². The summed E-state index contributed by atoms with van der Waals surface area (Å²) in [6.45, 7) is 0.900. The molecule has 2 rings (SSSR count). The van der Waals surface area contributed by atoms with E-state index >= 15 is 0 Å². The number of aromatic nitrogens is 1. The van der Waals surface area contributed by atoms with Crippen LogP contribution in [0.15, 0.2) is 46.9 Å². The lowest BCUT2D eigenvalue weighted by Crippen LogP contribution is -2.14. The molecule has 0 atom stereocenters. The molecule has 1 aromatic heterocycles. The molecule has 3 heteroatoms. The third kappa shape index (κ3) is 1.93. The van der Waals surface area contributed by atoms with Gasteiger partial charge < -0.3 is 4.57 Å². The molecular weight excluding hydrogens is 192 g/mol. The zero-order valence-corrected chi connectivity index (χ0v) is 8.87. The standard InChI is InChI=1S/C11H12N2S/c1-12-11-13(7-8-14-11)9-10-5-3-2-4-6-10/h2-8H,9H2,1H3. The first kappa shape index (κ1) is 9.21. The quantitative estimate of drug-likeness (QED) is 0.713. The topological polar surface area (TPSA) is 17.3 Å². The molecule has 0 saturated heterocycles. The second kappa shape index (κ2) is 4.24. The molecular formula is C11H12N2S. The number of thiazole rings is 1. The van der Waals surface area contributed by atoms with Crippen molar-refractivity contribution in [2.75, 3.05) is 7.05 Å². The van der Waals surface area contributed by atoms with E-state index in [-0.39, 0.29) is 0 Å². The van der Waals surface area contributed by atoms with Crippen molar-refractivity contribution in [3.63, 3.8) is 0 Å². The Morgan fingerprint density at radius 1 is 1.29 bits per heavy atom. The van der Waals surface area contributed by atoms with Crippen molar-refractivity contribution in [2.45, 2.75) is 6.54 Å². The first-order chi connectivity index (χ1) is 6.90. The smallest absolute Gasteiger partial charge is 0.184 e. The first-order valence-corrected chi connectivity index (χ1v) is 5.39. The third-order valence-corrected chi connectivity index (χ3v) is 2.93. The van der Waals surface area contributed by atoms with E-state index in [1.807, 2.05) is 13.1 Å². The average molecular weight is 204 g/mol. The Morgan fingerprint density at radius 2 is 2.07 bits per heavy atom. The van der Waals surface area contributed by atoms with Gasteiger partial charge in [-0.15, -0.1) is 11.3 Å². The summed E-state index contributed by atoms with van der Waals surface area (Å²) in [6.07, 6.45) is 2.07. The molecule has 0 saturated carbocycles. The van der Waals surface area contributed by atoms with Crippen LogP contribution in [0.5, 0.6) is 0 Å². The van der Waals surface area contributed by atoms with Crippen LogP contribution in [0.4, 0.5) is 0 Å². The fourth-order valence-electron chi connectivity index (χ4n) is 1.38. The largest absolute Gasteiger partial charge is 0.320 e. The fraction of sp³-hybridized carbons (Fsp3) is 0.182. The minimum atomic E-state index is 0.900. The van der Waals surface area contributed by atoms with Crippen molar-refractivity contribution in [1.82, 2.24) is 4.57 Å². The van der Waals surface area contributed by atoms with Crippen LogP contribution >= 0.6 is 11.3 Å². The maximum Gasteiger partial charge on any atom is 0.184 e. The van der Waals surface area contributed by atoms with Gasteiger partial charge in [-0.1, -0.05) is 30.3 Å². The Morgan fingerprint density at radius 3 is 2.79 bits per heavy atom. The Labute approximate surface area is 87.2 Å². The van der Waals surface area contributed by atoms with E-state index in [0.717, 1.165) is 11.3 Å².